The number of para-hydroxylation sites is 1. The molecule has 1 aromatic carbocycles. The number of carbonyl (C=O) groups is 1. The minimum Gasteiger partial charge on any atom is -0.493 e. The average Bonchev–Trinajstić information content (AvgIpc) is 3.16. The van der Waals surface area contributed by atoms with Gasteiger partial charge in [-0.15, -0.1) is 0 Å². The molecule has 7 nitrogen and oxygen atoms in total. The number of aromatic nitrogens is 1. The molecule has 1 saturated heterocycles. The van der Waals surface area contributed by atoms with Crippen LogP contribution in [0.5, 0.6) is 11.5 Å². The van der Waals surface area contributed by atoms with Crippen molar-refractivity contribution >= 4 is 5.91 Å². The Labute approximate surface area is 146 Å². The molecule has 0 saturated carbocycles. The Kier molecular flexibility index (Phi) is 5.55. The van der Waals surface area contributed by atoms with E-state index in [4.69, 9.17) is 13.9 Å². The lowest BCUT2D eigenvalue weighted by Crippen LogP contribution is -2.27. The smallest absolute Gasteiger partial charge is 0.273 e. The summed E-state index contributed by atoms with van der Waals surface area (Å²) in [6.07, 6.45) is 3.38. The van der Waals surface area contributed by atoms with Crippen LogP contribution in [0.15, 0.2) is 28.9 Å². The van der Waals surface area contributed by atoms with E-state index in [-0.39, 0.29) is 11.8 Å². The topological polar surface area (TPSA) is 85.6 Å². The molecule has 0 spiro atoms. The number of rotatable bonds is 6. The average molecular weight is 345 g/mol. The highest BCUT2D eigenvalue weighted by Crippen LogP contribution is 2.30. The van der Waals surface area contributed by atoms with Crippen LogP contribution in [0, 0.1) is 0 Å². The number of benzene rings is 1. The van der Waals surface area contributed by atoms with Gasteiger partial charge >= 0.3 is 0 Å². The van der Waals surface area contributed by atoms with E-state index < -0.39 is 0 Å². The number of oxazole rings is 1. The van der Waals surface area contributed by atoms with Gasteiger partial charge in [0.2, 0.25) is 0 Å². The van der Waals surface area contributed by atoms with Gasteiger partial charge in [0.1, 0.15) is 6.26 Å². The fraction of sp³-hybridized carbons (Fsp3) is 0.444. The van der Waals surface area contributed by atoms with Gasteiger partial charge in [0.25, 0.3) is 5.91 Å². The summed E-state index contributed by atoms with van der Waals surface area (Å²) in [6, 6.07) is 5.55. The molecule has 1 aliphatic rings. The molecule has 134 valence electrons. The lowest BCUT2D eigenvalue weighted by Gasteiger charge is -2.19. The summed E-state index contributed by atoms with van der Waals surface area (Å²) in [6.45, 7) is 2.21. The molecule has 25 heavy (non-hydrogen) atoms. The molecule has 3 rings (SSSR count). The molecule has 0 bridgehead atoms. The maximum atomic E-state index is 12.4. The van der Waals surface area contributed by atoms with Gasteiger partial charge in [0.05, 0.1) is 14.2 Å². The lowest BCUT2D eigenvalue weighted by atomic mass is 9.98. The first-order valence-corrected chi connectivity index (χ1v) is 8.37. The molecule has 0 radical (unpaired) electrons. The number of amides is 1. The van der Waals surface area contributed by atoms with Gasteiger partial charge in [0.15, 0.2) is 23.1 Å². The van der Waals surface area contributed by atoms with Crippen LogP contribution in [0.2, 0.25) is 0 Å². The number of piperidine rings is 1. The Morgan fingerprint density at radius 2 is 2.12 bits per heavy atom. The van der Waals surface area contributed by atoms with Crippen molar-refractivity contribution in [3.05, 3.63) is 41.6 Å². The van der Waals surface area contributed by atoms with Crippen molar-refractivity contribution in [1.82, 2.24) is 15.6 Å². The third kappa shape index (κ3) is 3.93. The molecule has 7 heteroatoms. The molecule has 2 N–H and O–H groups in total. The molecule has 0 unspecified atom stereocenters. The van der Waals surface area contributed by atoms with Gasteiger partial charge in [-0.2, -0.15) is 0 Å². The van der Waals surface area contributed by atoms with E-state index in [1.54, 1.807) is 14.2 Å². The predicted molar refractivity (Wildman–Crippen MR) is 92.1 cm³/mol. The quantitative estimate of drug-likeness (QED) is 0.834. The highest BCUT2D eigenvalue weighted by Gasteiger charge is 2.22. The van der Waals surface area contributed by atoms with Gasteiger partial charge < -0.3 is 24.5 Å². The van der Waals surface area contributed by atoms with E-state index in [1.807, 2.05) is 18.2 Å². The van der Waals surface area contributed by atoms with Crippen LogP contribution < -0.4 is 20.1 Å². The fourth-order valence-corrected chi connectivity index (χ4v) is 3.01. The lowest BCUT2D eigenvalue weighted by molar-refractivity contribution is 0.0945. The second-order valence-corrected chi connectivity index (χ2v) is 5.93. The molecular weight excluding hydrogens is 322 g/mol. The summed E-state index contributed by atoms with van der Waals surface area (Å²) in [5.74, 6) is 1.89. The number of ether oxygens (including phenoxy) is 2. The van der Waals surface area contributed by atoms with Crippen LogP contribution in [0.1, 0.15) is 40.7 Å². The van der Waals surface area contributed by atoms with E-state index in [9.17, 15) is 4.79 Å². The van der Waals surface area contributed by atoms with E-state index in [2.05, 4.69) is 15.6 Å². The Bertz CT molecular complexity index is 723. The van der Waals surface area contributed by atoms with Crippen LogP contribution in [0.4, 0.5) is 0 Å². The molecule has 0 atom stereocenters. The van der Waals surface area contributed by atoms with E-state index >= 15 is 0 Å². The summed E-state index contributed by atoms with van der Waals surface area (Å²) in [5.41, 5.74) is 1.13. The standard InChI is InChI=1S/C18H23N3O4/c1-23-15-5-3-4-13(16(15)24-2)10-20-17(22)14-11-25-18(21-14)12-6-8-19-9-7-12/h3-5,11-12,19H,6-10H2,1-2H3,(H,20,22). The first-order valence-electron chi connectivity index (χ1n) is 8.37. The van der Waals surface area contributed by atoms with Gasteiger partial charge in [-0.1, -0.05) is 12.1 Å². The Morgan fingerprint density at radius 1 is 1.32 bits per heavy atom. The number of carbonyl (C=O) groups excluding carboxylic acids is 1. The highest BCUT2D eigenvalue weighted by atomic mass is 16.5. The Balaban J connectivity index is 1.64. The zero-order valence-electron chi connectivity index (χ0n) is 14.5. The van der Waals surface area contributed by atoms with E-state index in [1.165, 1.54) is 6.26 Å². The molecule has 2 aromatic rings. The van der Waals surface area contributed by atoms with Crippen molar-refractivity contribution in [3.63, 3.8) is 0 Å². The number of nitrogens with one attached hydrogen (secondary N) is 2. The second kappa shape index (κ2) is 8.02. The van der Waals surface area contributed by atoms with Gasteiger partial charge in [0, 0.05) is 18.0 Å². The maximum Gasteiger partial charge on any atom is 0.273 e. The molecule has 1 fully saturated rings. The number of hydrogen-bond donors (Lipinski definition) is 2. The second-order valence-electron chi connectivity index (χ2n) is 5.93. The van der Waals surface area contributed by atoms with Crippen molar-refractivity contribution in [1.29, 1.82) is 0 Å². The van der Waals surface area contributed by atoms with Crippen molar-refractivity contribution in [2.45, 2.75) is 25.3 Å². The highest BCUT2D eigenvalue weighted by molar-refractivity contribution is 5.91. The van der Waals surface area contributed by atoms with Gasteiger partial charge in [-0.3, -0.25) is 4.79 Å². The minimum atomic E-state index is -0.270. The van der Waals surface area contributed by atoms with Gasteiger partial charge in [-0.25, -0.2) is 4.98 Å². The van der Waals surface area contributed by atoms with Crippen LogP contribution in [-0.4, -0.2) is 38.2 Å². The first kappa shape index (κ1) is 17.3. The van der Waals surface area contributed by atoms with Crippen molar-refractivity contribution < 1.29 is 18.7 Å². The van der Waals surface area contributed by atoms with Crippen LogP contribution in [0.3, 0.4) is 0 Å². The maximum absolute atomic E-state index is 12.4. The first-order chi connectivity index (χ1) is 12.2. The Hall–Kier alpha value is -2.54. The molecule has 0 aliphatic carbocycles. The molecular formula is C18H23N3O4. The normalized spacial score (nSPS) is 15.0. The third-order valence-electron chi connectivity index (χ3n) is 4.37. The number of hydrogen-bond acceptors (Lipinski definition) is 6. The molecule has 1 aromatic heterocycles. The van der Waals surface area contributed by atoms with Crippen molar-refractivity contribution in [2.24, 2.45) is 0 Å². The number of nitrogens with zero attached hydrogens (tertiary/aromatic N) is 1. The van der Waals surface area contributed by atoms with Crippen molar-refractivity contribution in [2.75, 3.05) is 27.3 Å². The predicted octanol–water partition coefficient (Wildman–Crippen LogP) is 2.09. The van der Waals surface area contributed by atoms with Crippen LogP contribution >= 0.6 is 0 Å². The summed E-state index contributed by atoms with van der Waals surface area (Å²) in [4.78, 5) is 16.7. The third-order valence-corrected chi connectivity index (χ3v) is 4.37. The minimum absolute atomic E-state index is 0.270. The summed E-state index contributed by atoms with van der Waals surface area (Å²) in [5, 5.41) is 6.15. The summed E-state index contributed by atoms with van der Waals surface area (Å²) < 4.78 is 16.2. The van der Waals surface area contributed by atoms with E-state index in [0.717, 1.165) is 31.5 Å². The van der Waals surface area contributed by atoms with Gasteiger partial charge in [-0.05, 0) is 32.0 Å². The SMILES string of the molecule is COc1cccc(CNC(=O)c2coc(C3CCNCC3)n2)c1OC. The molecule has 1 amide bonds. The monoisotopic (exact) mass is 345 g/mol. The zero-order chi connectivity index (χ0) is 17.6. The van der Waals surface area contributed by atoms with Crippen LogP contribution in [0.25, 0.3) is 0 Å². The Morgan fingerprint density at radius 3 is 2.84 bits per heavy atom. The van der Waals surface area contributed by atoms with Crippen molar-refractivity contribution in [3.8, 4) is 11.5 Å². The zero-order valence-corrected chi connectivity index (χ0v) is 14.5. The number of methoxy groups -OCH3 is 2. The molecule has 2 heterocycles. The summed E-state index contributed by atoms with van der Waals surface area (Å²) >= 11 is 0. The van der Waals surface area contributed by atoms with E-state index in [0.29, 0.717) is 29.6 Å². The van der Waals surface area contributed by atoms with Crippen LogP contribution in [-0.2, 0) is 6.54 Å². The largest absolute Gasteiger partial charge is 0.493 e. The summed E-state index contributed by atoms with van der Waals surface area (Å²) in [7, 11) is 3.16. The fourth-order valence-electron chi connectivity index (χ4n) is 3.01. The molecule has 1 aliphatic heterocycles.